The number of esters is 1. The van der Waals surface area contributed by atoms with Crippen LogP contribution in [0.5, 0.6) is 0 Å². The van der Waals surface area contributed by atoms with E-state index in [2.05, 4.69) is 20.7 Å². The molecule has 5 nitrogen and oxygen atoms in total. The lowest BCUT2D eigenvalue weighted by Crippen LogP contribution is -2.29. The zero-order chi connectivity index (χ0) is 16.6. The molecule has 3 rings (SSSR count). The number of halogens is 2. The highest BCUT2D eigenvalue weighted by Gasteiger charge is 2.48. The van der Waals surface area contributed by atoms with Gasteiger partial charge < -0.3 is 18.9 Å². The van der Waals surface area contributed by atoms with E-state index in [9.17, 15) is 4.79 Å². The summed E-state index contributed by atoms with van der Waals surface area (Å²) in [6.07, 6.45) is 5.42. The standard InChI is InChI=1S/C16H22BrClO5/c1-8-16-14(23-16)6-10(17)12-7-11(18)13(22-12)5-9(21-8)3-4-15(19)20-2/h3-4,8-14,16H,5-7H2,1-2H3/b4-3-/t8-,9-,10-,11+,12-,13+,14+,16+/m0/s1. The highest BCUT2D eigenvalue weighted by molar-refractivity contribution is 9.09. The number of carbonyl (C=O) groups excluding carboxylic acids is 1. The second-order valence-electron chi connectivity index (χ2n) is 6.35. The summed E-state index contributed by atoms with van der Waals surface area (Å²) in [6, 6.07) is 0. The van der Waals surface area contributed by atoms with Gasteiger partial charge in [-0.05, 0) is 25.8 Å². The van der Waals surface area contributed by atoms with E-state index in [1.165, 1.54) is 13.2 Å². The van der Waals surface area contributed by atoms with Gasteiger partial charge in [-0.2, -0.15) is 0 Å². The molecule has 0 N–H and O–H groups in total. The third kappa shape index (κ3) is 4.28. The first-order valence-electron chi connectivity index (χ1n) is 7.98. The minimum atomic E-state index is -0.399. The number of ether oxygens (including phenoxy) is 4. The summed E-state index contributed by atoms with van der Waals surface area (Å²) in [7, 11) is 1.35. The van der Waals surface area contributed by atoms with Crippen LogP contribution in [0.3, 0.4) is 0 Å². The summed E-state index contributed by atoms with van der Waals surface area (Å²) in [5, 5.41) is -0.0525. The fraction of sp³-hybridized carbons (Fsp3) is 0.812. The molecule has 0 aromatic heterocycles. The Balaban J connectivity index is 1.74. The van der Waals surface area contributed by atoms with Gasteiger partial charge in [-0.3, -0.25) is 0 Å². The molecule has 3 heterocycles. The molecule has 0 radical (unpaired) electrons. The average Bonchev–Trinajstić information content (AvgIpc) is 3.19. The fourth-order valence-corrected chi connectivity index (χ4v) is 4.37. The minimum Gasteiger partial charge on any atom is -0.466 e. The first-order chi connectivity index (χ1) is 11.0. The van der Waals surface area contributed by atoms with Crippen LogP contribution in [-0.2, 0) is 23.7 Å². The van der Waals surface area contributed by atoms with E-state index in [1.54, 1.807) is 6.08 Å². The predicted octanol–water partition coefficient (Wildman–Crippen LogP) is 2.58. The number of hydrogen-bond acceptors (Lipinski definition) is 5. The molecule has 8 atom stereocenters. The molecule has 0 aromatic carbocycles. The van der Waals surface area contributed by atoms with Crippen LogP contribution in [0.15, 0.2) is 12.2 Å². The van der Waals surface area contributed by atoms with E-state index in [0.717, 1.165) is 12.8 Å². The number of methoxy groups -OCH3 is 1. The van der Waals surface area contributed by atoms with Crippen LogP contribution in [0, 0.1) is 0 Å². The summed E-state index contributed by atoms with van der Waals surface area (Å²) in [5.74, 6) is -0.399. The van der Waals surface area contributed by atoms with Gasteiger partial charge in [0.05, 0.1) is 43.0 Å². The fourth-order valence-electron chi connectivity index (χ4n) is 3.32. The van der Waals surface area contributed by atoms with Gasteiger partial charge in [-0.1, -0.05) is 15.9 Å². The number of fused-ring (bicyclic) bond motifs is 3. The molecule has 0 aromatic rings. The average molecular weight is 410 g/mol. The van der Waals surface area contributed by atoms with Gasteiger partial charge in [-0.25, -0.2) is 4.79 Å². The third-order valence-corrected chi connectivity index (χ3v) is 6.08. The van der Waals surface area contributed by atoms with Crippen molar-refractivity contribution in [3.05, 3.63) is 12.2 Å². The van der Waals surface area contributed by atoms with Crippen molar-refractivity contribution in [1.29, 1.82) is 0 Å². The topological polar surface area (TPSA) is 57.3 Å². The number of carbonyl (C=O) groups is 1. The van der Waals surface area contributed by atoms with Crippen LogP contribution < -0.4 is 0 Å². The third-order valence-electron chi connectivity index (χ3n) is 4.66. The molecule has 0 aliphatic carbocycles. The van der Waals surface area contributed by atoms with E-state index < -0.39 is 5.97 Å². The summed E-state index contributed by atoms with van der Waals surface area (Å²) in [5.41, 5.74) is 0. The van der Waals surface area contributed by atoms with E-state index >= 15 is 0 Å². The summed E-state index contributed by atoms with van der Waals surface area (Å²) in [6.45, 7) is 2.00. The van der Waals surface area contributed by atoms with Crippen molar-refractivity contribution in [3.63, 3.8) is 0 Å². The van der Waals surface area contributed by atoms with Crippen molar-refractivity contribution in [2.75, 3.05) is 7.11 Å². The van der Waals surface area contributed by atoms with Crippen molar-refractivity contribution >= 4 is 33.5 Å². The van der Waals surface area contributed by atoms with Gasteiger partial charge in [-0.15, -0.1) is 11.6 Å². The Morgan fingerprint density at radius 3 is 2.70 bits per heavy atom. The lowest BCUT2D eigenvalue weighted by molar-refractivity contribution is -0.135. The number of rotatable bonds is 2. The van der Waals surface area contributed by atoms with Crippen LogP contribution in [0.2, 0.25) is 0 Å². The van der Waals surface area contributed by atoms with E-state index in [1.807, 2.05) is 6.92 Å². The molecule has 23 heavy (non-hydrogen) atoms. The predicted molar refractivity (Wildman–Crippen MR) is 89.0 cm³/mol. The van der Waals surface area contributed by atoms with Crippen LogP contribution >= 0.6 is 27.5 Å². The maximum absolute atomic E-state index is 11.4. The highest BCUT2D eigenvalue weighted by atomic mass is 79.9. The lowest BCUT2D eigenvalue weighted by Gasteiger charge is -2.23. The first-order valence-corrected chi connectivity index (χ1v) is 9.33. The van der Waals surface area contributed by atoms with Gasteiger partial charge in [0.1, 0.15) is 6.10 Å². The molecular formula is C16H22BrClO5. The molecule has 0 unspecified atom stereocenters. The maximum atomic E-state index is 11.4. The zero-order valence-corrected chi connectivity index (χ0v) is 15.5. The lowest BCUT2D eigenvalue weighted by atomic mass is 10.0. The number of hydrogen-bond donors (Lipinski definition) is 0. The van der Waals surface area contributed by atoms with Gasteiger partial charge in [0.25, 0.3) is 0 Å². The van der Waals surface area contributed by atoms with E-state index in [4.69, 9.17) is 25.8 Å². The Morgan fingerprint density at radius 2 is 1.96 bits per heavy atom. The summed E-state index contributed by atoms with van der Waals surface area (Å²) in [4.78, 5) is 11.6. The molecule has 0 amide bonds. The second kappa shape index (κ2) is 7.40. The molecule has 0 saturated carbocycles. The van der Waals surface area contributed by atoms with Crippen molar-refractivity contribution in [1.82, 2.24) is 0 Å². The van der Waals surface area contributed by atoms with Crippen molar-refractivity contribution in [3.8, 4) is 0 Å². The Kier molecular flexibility index (Phi) is 5.68. The highest BCUT2D eigenvalue weighted by Crippen LogP contribution is 2.40. The molecular weight excluding hydrogens is 388 g/mol. The van der Waals surface area contributed by atoms with Crippen molar-refractivity contribution in [2.45, 2.75) is 73.0 Å². The van der Waals surface area contributed by atoms with Crippen LogP contribution in [0.25, 0.3) is 0 Å². The largest absolute Gasteiger partial charge is 0.466 e. The number of epoxide rings is 1. The minimum absolute atomic E-state index is 0.0441. The molecule has 3 aliphatic rings. The molecule has 0 spiro atoms. The van der Waals surface area contributed by atoms with E-state index in [-0.39, 0.29) is 46.8 Å². The Labute approximate surface area is 149 Å². The molecule has 7 heteroatoms. The normalized spacial score (nSPS) is 47.0. The molecule has 2 bridgehead atoms. The summed E-state index contributed by atoms with van der Waals surface area (Å²) < 4.78 is 22.6. The van der Waals surface area contributed by atoms with Gasteiger partial charge >= 0.3 is 5.97 Å². The Morgan fingerprint density at radius 1 is 1.17 bits per heavy atom. The SMILES string of the molecule is COC(=O)/C=C\[C@H]1C[C@H]2O[C@@H](C[C@H]2Cl)[C@@H](Br)C[C@H]2O[C@@H]2[C@H](C)O1. The molecule has 3 saturated heterocycles. The first kappa shape index (κ1) is 17.7. The molecule has 130 valence electrons. The molecule has 3 fully saturated rings. The zero-order valence-electron chi connectivity index (χ0n) is 13.2. The summed E-state index contributed by atoms with van der Waals surface area (Å²) >= 11 is 10.2. The maximum Gasteiger partial charge on any atom is 0.330 e. The van der Waals surface area contributed by atoms with Crippen molar-refractivity contribution in [2.24, 2.45) is 0 Å². The van der Waals surface area contributed by atoms with Gasteiger partial charge in [0.15, 0.2) is 0 Å². The van der Waals surface area contributed by atoms with E-state index in [0.29, 0.717) is 6.42 Å². The second-order valence-corrected chi connectivity index (χ2v) is 8.09. The smallest absolute Gasteiger partial charge is 0.330 e. The number of alkyl halides is 2. The van der Waals surface area contributed by atoms with Crippen LogP contribution in [0.4, 0.5) is 0 Å². The Hall–Kier alpha value is -0.140. The van der Waals surface area contributed by atoms with Crippen molar-refractivity contribution < 1.29 is 23.7 Å². The Bertz CT molecular complexity index is 473. The van der Waals surface area contributed by atoms with Gasteiger partial charge in [0.2, 0.25) is 0 Å². The van der Waals surface area contributed by atoms with Crippen LogP contribution in [-0.4, -0.2) is 59.9 Å². The quantitative estimate of drug-likeness (QED) is 0.304. The monoisotopic (exact) mass is 408 g/mol. The van der Waals surface area contributed by atoms with Gasteiger partial charge in [0, 0.05) is 17.3 Å². The van der Waals surface area contributed by atoms with Crippen LogP contribution in [0.1, 0.15) is 26.2 Å². The molecule has 3 aliphatic heterocycles.